The van der Waals surface area contributed by atoms with Gasteiger partial charge < -0.3 is 10.1 Å². The van der Waals surface area contributed by atoms with E-state index in [9.17, 15) is 14.9 Å². The van der Waals surface area contributed by atoms with Gasteiger partial charge in [0.1, 0.15) is 6.33 Å². The van der Waals surface area contributed by atoms with Crippen LogP contribution < -0.4 is 5.32 Å². The molecule has 2 heterocycles. The minimum Gasteiger partial charge on any atom is -0.464 e. The Bertz CT molecular complexity index is 662. The number of nitrogens with one attached hydrogen (secondary N) is 1. The van der Waals surface area contributed by atoms with Crippen LogP contribution in [0.3, 0.4) is 0 Å². The van der Waals surface area contributed by atoms with Crippen LogP contribution in [0.4, 0.5) is 11.5 Å². The summed E-state index contributed by atoms with van der Waals surface area (Å²) in [6, 6.07) is 4.09. The summed E-state index contributed by atoms with van der Waals surface area (Å²) in [4.78, 5) is 33.5. The molecule has 2 rings (SSSR count). The Hall–Kier alpha value is -3.10. The number of carbonyl (C=O) groups is 1. The molecule has 9 nitrogen and oxygen atoms in total. The number of anilines is 1. The molecule has 0 aliphatic heterocycles. The number of esters is 1. The average molecular weight is 289 g/mol. The molecule has 0 saturated carbocycles. The van der Waals surface area contributed by atoms with E-state index in [1.54, 1.807) is 12.3 Å². The molecule has 0 aliphatic carbocycles. The third-order valence-electron chi connectivity index (χ3n) is 2.55. The first kappa shape index (κ1) is 14.3. The van der Waals surface area contributed by atoms with Gasteiger partial charge in [0.25, 0.3) is 0 Å². The fourth-order valence-electron chi connectivity index (χ4n) is 1.54. The van der Waals surface area contributed by atoms with Gasteiger partial charge in [-0.3, -0.25) is 10.1 Å². The van der Waals surface area contributed by atoms with Gasteiger partial charge in [0.2, 0.25) is 5.82 Å². The van der Waals surface area contributed by atoms with Gasteiger partial charge in [-0.2, -0.15) is 0 Å². The summed E-state index contributed by atoms with van der Waals surface area (Å²) in [6.45, 7) is 0.209. The van der Waals surface area contributed by atoms with Gasteiger partial charge >= 0.3 is 11.7 Å². The van der Waals surface area contributed by atoms with Gasteiger partial charge in [-0.15, -0.1) is 0 Å². The predicted molar refractivity (Wildman–Crippen MR) is 71.6 cm³/mol. The van der Waals surface area contributed by atoms with Crippen LogP contribution in [0.25, 0.3) is 0 Å². The van der Waals surface area contributed by atoms with Crippen molar-refractivity contribution in [2.75, 3.05) is 12.4 Å². The van der Waals surface area contributed by atoms with Crippen molar-refractivity contribution in [3.05, 3.63) is 52.2 Å². The van der Waals surface area contributed by atoms with E-state index in [0.29, 0.717) is 5.69 Å². The van der Waals surface area contributed by atoms with Gasteiger partial charge in [0.05, 0.1) is 24.3 Å². The van der Waals surface area contributed by atoms with Crippen molar-refractivity contribution in [2.45, 2.75) is 6.54 Å². The Balaban J connectivity index is 2.26. The van der Waals surface area contributed by atoms with Crippen LogP contribution in [0.5, 0.6) is 0 Å². The first-order valence-corrected chi connectivity index (χ1v) is 5.84. The lowest BCUT2D eigenvalue weighted by molar-refractivity contribution is -0.384. The van der Waals surface area contributed by atoms with Gasteiger partial charge in [-0.25, -0.2) is 19.7 Å². The number of hydrogen-bond donors (Lipinski definition) is 1. The van der Waals surface area contributed by atoms with Gasteiger partial charge in [0.15, 0.2) is 5.69 Å². The van der Waals surface area contributed by atoms with E-state index in [-0.39, 0.29) is 23.7 Å². The molecule has 0 radical (unpaired) electrons. The van der Waals surface area contributed by atoms with Crippen LogP contribution in [0.2, 0.25) is 0 Å². The zero-order chi connectivity index (χ0) is 15.2. The maximum absolute atomic E-state index is 11.4. The minimum absolute atomic E-state index is 0.0201. The number of nitro groups is 1. The fourth-order valence-corrected chi connectivity index (χ4v) is 1.54. The van der Waals surface area contributed by atoms with Crippen LogP contribution in [-0.4, -0.2) is 33.0 Å². The molecule has 108 valence electrons. The quantitative estimate of drug-likeness (QED) is 0.495. The third kappa shape index (κ3) is 3.47. The highest BCUT2D eigenvalue weighted by Gasteiger charge is 2.18. The number of hydrogen-bond acceptors (Lipinski definition) is 8. The Morgan fingerprint density at radius 2 is 2.24 bits per heavy atom. The summed E-state index contributed by atoms with van der Waals surface area (Å²) in [5.74, 6) is -0.698. The maximum atomic E-state index is 11.4. The summed E-state index contributed by atoms with van der Waals surface area (Å²) in [6.07, 6.45) is 2.92. The zero-order valence-corrected chi connectivity index (χ0v) is 11.0. The van der Waals surface area contributed by atoms with Crippen molar-refractivity contribution < 1.29 is 14.5 Å². The Kier molecular flexibility index (Phi) is 4.34. The van der Waals surface area contributed by atoms with E-state index in [0.717, 1.165) is 0 Å². The first-order chi connectivity index (χ1) is 10.1. The van der Waals surface area contributed by atoms with Crippen molar-refractivity contribution in [3.63, 3.8) is 0 Å². The first-order valence-electron chi connectivity index (χ1n) is 5.84. The molecule has 0 aliphatic rings. The van der Waals surface area contributed by atoms with Gasteiger partial charge in [-0.05, 0) is 12.1 Å². The topological polar surface area (TPSA) is 120 Å². The number of nitrogens with zero attached hydrogens (tertiary/aromatic N) is 4. The standard InChI is InChI=1S/C12H11N5O4/c1-21-12(18)9-2-3-10(17(19)20)11(16-9)14-6-8-4-5-13-7-15-8/h2-5,7H,6H2,1H3,(H,14,16). The van der Waals surface area contributed by atoms with Crippen LogP contribution in [-0.2, 0) is 11.3 Å². The summed E-state index contributed by atoms with van der Waals surface area (Å²) in [7, 11) is 1.21. The Labute approximate surface area is 119 Å². The molecule has 9 heteroatoms. The molecule has 0 fully saturated rings. The summed E-state index contributed by atoms with van der Waals surface area (Å²) in [5, 5.41) is 13.7. The Morgan fingerprint density at radius 1 is 1.43 bits per heavy atom. The molecular weight excluding hydrogens is 278 g/mol. The van der Waals surface area contributed by atoms with Crippen molar-refractivity contribution in [1.82, 2.24) is 15.0 Å². The second-order valence-electron chi connectivity index (χ2n) is 3.87. The maximum Gasteiger partial charge on any atom is 0.356 e. The number of aromatic nitrogens is 3. The number of ether oxygens (including phenoxy) is 1. The van der Waals surface area contributed by atoms with Gasteiger partial charge in [0, 0.05) is 12.3 Å². The third-order valence-corrected chi connectivity index (χ3v) is 2.55. The van der Waals surface area contributed by atoms with Crippen molar-refractivity contribution in [1.29, 1.82) is 0 Å². The van der Waals surface area contributed by atoms with Crippen LogP contribution in [0.1, 0.15) is 16.2 Å². The lowest BCUT2D eigenvalue weighted by Crippen LogP contribution is -2.10. The average Bonchev–Trinajstić information content (AvgIpc) is 2.52. The highest BCUT2D eigenvalue weighted by molar-refractivity contribution is 5.88. The number of carbonyl (C=O) groups excluding carboxylic acids is 1. The van der Waals surface area contributed by atoms with E-state index in [1.165, 1.54) is 25.6 Å². The molecule has 0 aromatic carbocycles. The SMILES string of the molecule is COC(=O)c1ccc([N+](=O)[O-])c(NCc2ccncn2)n1. The lowest BCUT2D eigenvalue weighted by atomic mass is 10.3. The van der Waals surface area contributed by atoms with E-state index < -0.39 is 10.9 Å². The molecule has 0 amide bonds. The minimum atomic E-state index is -0.671. The largest absolute Gasteiger partial charge is 0.464 e. The molecular formula is C12H11N5O4. The zero-order valence-electron chi connectivity index (χ0n) is 11.0. The number of pyridine rings is 1. The van der Waals surface area contributed by atoms with E-state index in [1.807, 2.05) is 0 Å². The van der Waals surface area contributed by atoms with Crippen molar-refractivity contribution in [3.8, 4) is 0 Å². The van der Waals surface area contributed by atoms with E-state index >= 15 is 0 Å². The van der Waals surface area contributed by atoms with Gasteiger partial charge in [-0.1, -0.05) is 0 Å². The molecule has 0 atom stereocenters. The molecule has 0 spiro atoms. The number of methoxy groups -OCH3 is 1. The molecule has 0 unspecified atom stereocenters. The summed E-state index contributed by atoms with van der Waals surface area (Å²) < 4.78 is 4.53. The molecule has 0 saturated heterocycles. The molecule has 2 aromatic rings. The van der Waals surface area contributed by atoms with Crippen LogP contribution in [0.15, 0.2) is 30.7 Å². The van der Waals surface area contributed by atoms with E-state index in [2.05, 4.69) is 25.0 Å². The lowest BCUT2D eigenvalue weighted by Gasteiger charge is -2.07. The fraction of sp³-hybridized carbons (Fsp3) is 0.167. The number of rotatable bonds is 5. The summed E-state index contributed by atoms with van der Waals surface area (Å²) in [5.41, 5.74) is 0.370. The Morgan fingerprint density at radius 3 is 2.86 bits per heavy atom. The second kappa shape index (κ2) is 6.37. The molecule has 0 bridgehead atoms. The van der Waals surface area contributed by atoms with Crippen molar-refractivity contribution in [2.24, 2.45) is 0 Å². The molecule has 1 N–H and O–H groups in total. The van der Waals surface area contributed by atoms with Crippen LogP contribution in [0, 0.1) is 10.1 Å². The van der Waals surface area contributed by atoms with Crippen LogP contribution >= 0.6 is 0 Å². The second-order valence-corrected chi connectivity index (χ2v) is 3.87. The van der Waals surface area contributed by atoms with Crippen molar-refractivity contribution >= 4 is 17.5 Å². The highest BCUT2D eigenvalue weighted by atomic mass is 16.6. The smallest absolute Gasteiger partial charge is 0.356 e. The highest BCUT2D eigenvalue weighted by Crippen LogP contribution is 2.22. The van der Waals surface area contributed by atoms with E-state index in [4.69, 9.17) is 0 Å². The molecule has 21 heavy (non-hydrogen) atoms. The monoisotopic (exact) mass is 289 g/mol. The summed E-state index contributed by atoms with van der Waals surface area (Å²) >= 11 is 0. The predicted octanol–water partition coefficient (Wildman–Crippen LogP) is 1.18. The molecule has 2 aromatic heterocycles. The normalized spacial score (nSPS) is 9.95.